The van der Waals surface area contributed by atoms with Crippen molar-refractivity contribution in [2.45, 2.75) is 56.0 Å². The van der Waals surface area contributed by atoms with Crippen LogP contribution >= 0.6 is 0 Å². The Hall–Kier alpha value is -0.200. The number of rotatable bonds is 3. The molecule has 4 atom stereocenters. The van der Waals surface area contributed by atoms with Crippen molar-refractivity contribution < 1.29 is 19.3 Å². The molecule has 0 bridgehead atoms. The predicted molar refractivity (Wildman–Crippen MR) is 70.1 cm³/mol. The summed E-state index contributed by atoms with van der Waals surface area (Å²) in [5.74, 6) is 0. The van der Waals surface area contributed by atoms with Crippen molar-refractivity contribution >= 4 is 0 Å². The number of aliphatic hydroxyl groups is 1. The van der Waals surface area contributed by atoms with Crippen molar-refractivity contribution in [3.8, 4) is 0 Å². The Bertz CT molecular complexity index is 319. The van der Waals surface area contributed by atoms with E-state index in [0.29, 0.717) is 19.2 Å². The summed E-state index contributed by atoms with van der Waals surface area (Å²) >= 11 is 0. The van der Waals surface area contributed by atoms with Crippen molar-refractivity contribution in [3.05, 3.63) is 0 Å². The third-order valence-electron chi connectivity index (χ3n) is 4.92. The van der Waals surface area contributed by atoms with Crippen molar-refractivity contribution in [3.63, 3.8) is 0 Å². The molecule has 5 nitrogen and oxygen atoms in total. The number of hydrogen-bond acceptors (Lipinski definition) is 5. The Morgan fingerprint density at radius 1 is 1.26 bits per heavy atom. The second kappa shape index (κ2) is 5.30. The molecule has 0 radical (unpaired) electrons. The van der Waals surface area contributed by atoms with Crippen LogP contribution in [0.25, 0.3) is 0 Å². The third kappa shape index (κ3) is 2.81. The van der Waals surface area contributed by atoms with Crippen LogP contribution in [0.15, 0.2) is 0 Å². The molecule has 110 valence electrons. The van der Waals surface area contributed by atoms with Crippen LogP contribution in [0, 0.1) is 0 Å². The van der Waals surface area contributed by atoms with Gasteiger partial charge in [-0.05, 0) is 19.8 Å². The molecule has 0 aliphatic carbocycles. The molecule has 5 heteroatoms. The van der Waals surface area contributed by atoms with Gasteiger partial charge in [0.1, 0.15) is 5.60 Å². The van der Waals surface area contributed by atoms with Crippen LogP contribution in [0.3, 0.4) is 0 Å². The molecule has 0 aromatic heterocycles. The van der Waals surface area contributed by atoms with Gasteiger partial charge in [0.25, 0.3) is 0 Å². The maximum absolute atomic E-state index is 10.5. The average Bonchev–Trinajstić information content (AvgIpc) is 2.97. The van der Waals surface area contributed by atoms with E-state index in [1.54, 1.807) is 0 Å². The highest BCUT2D eigenvalue weighted by Crippen LogP contribution is 2.33. The van der Waals surface area contributed by atoms with Crippen molar-refractivity contribution in [1.29, 1.82) is 0 Å². The minimum Gasteiger partial charge on any atom is -0.386 e. The van der Waals surface area contributed by atoms with Crippen LogP contribution in [0.4, 0.5) is 0 Å². The fourth-order valence-corrected chi connectivity index (χ4v) is 3.39. The summed E-state index contributed by atoms with van der Waals surface area (Å²) in [7, 11) is 0. The molecule has 0 saturated carbocycles. The molecule has 3 saturated heterocycles. The summed E-state index contributed by atoms with van der Waals surface area (Å²) in [6.07, 6.45) is 3.63. The van der Waals surface area contributed by atoms with Gasteiger partial charge in [0.2, 0.25) is 0 Å². The Kier molecular flexibility index (Phi) is 3.84. The first-order chi connectivity index (χ1) is 9.12. The number of ether oxygens (including phenoxy) is 3. The van der Waals surface area contributed by atoms with Crippen LogP contribution in [-0.2, 0) is 14.2 Å². The smallest absolute Gasteiger partial charge is 0.105 e. The molecule has 3 aliphatic heterocycles. The van der Waals surface area contributed by atoms with Gasteiger partial charge in [-0.3, -0.25) is 0 Å². The van der Waals surface area contributed by atoms with E-state index in [9.17, 15) is 5.11 Å². The van der Waals surface area contributed by atoms with E-state index in [-0.39, 0.29) is 11.7 Å². The summed E-state index contributed by atoms with van der Waals surface area (Å²) in [6, 6.07) is 0.410. The van der Waals surface area contributed by atoms with E-state index in [1.807, 2.05) is 6.92 Å². The third-order valence-corrected chi connectivity index (χ3v) is 4.92. The monoisotopic (exact) mass is 271 g/mol. The first kappa shape index (κ1) is 13.8. The van der Waals surface area contributed by atoms with Gasteiger partial charge >= 0.3 is 0 Å². The average molecular weight is 271 g/mol. The summed E-state index contributed by atoms with van der Waals surface area (Å²) in [5.41, 5.74) is -0.784. The van der Waals surface area contributed by atoms with Crippen LogP contribution in [0.5, 0.6) is 0 Å². The van der Waals surface area contributed by atoms with E-state index in [1.165, 1.54) is 0 Å². The molecule has 3 heterocycles. The summed E-state index contributed by atoms with van der Waals surface area (Å²) < 4.78 is 16.9. The highest BCUT2D eigenvalue weighted by Gasteiger charge is 2.43. The van der Waals surface area contributed by atoms with Gasteiger partial charge < -0.3 is 24.6 Å². The maximum atomic E-state index is 10.5. The fourth-order valence-electron chi connectivity index (χ4n) is 3.39. The Balaban J connectivity index is 1.52. The molecule has 3 fully saturated rings. The van der Waals surface area contributed by atoms with Crippen molar-refractivity contribution in [2.24, 2.45) is 0 Å². The lowest BCUT2D eigenvalue weighted by molar-refractivity contribution is -0.0931. The summed E-state index contributed by atoms with van der Waals surface area (Å²) in [4.78, 5) is 0. The van der Waals surface area contributed by atoms with E-state index < -0.39 is 5.60 Å². The normalized spacial score (nSPS) is 47.1. The van der Waals surface area contributed by atoms with E-state index in [0.717, 1.165) is 45.5 Å². The molecule has 2 N–H and O–H groups in total. The molecule has 0 amide bonds. The maximum Gasteiger partial charge on any atom is 0.105 e. The molecule has 3 aliphatic rings. The van der Waals surface area contributed by atoms with Gasteiger partial charge in [-0.15, -0.1) is 0 Å². The Labute approximate surface area is 114 Å². The first-order valence-corrected chi connectivity index (χ1v) is 7.41. The zero-order valence-corrected chi connectivity index (χ0v) is 11.7. The van der Waals surface area contributed by atoms with Gasteiger partial charge in [0.15, 0.2) is 0 Å². The topological polar surface area (TPSA) is 60.0 Å². The van der Waals surface area contributed by atoms with Crippen LogP contribution < -0.4 is 5.32 Å². The minimum atomic E-state index is -0.711. The van der Waals surface area contributed by atoms with E-state index in [4.69, 9.17) is 14.2 Å². The number of hydrogen-bond donors (Lipinski definition) is 2. The highest BCUT2D eigenvalue weighted by atomic mass is 16.6. The van der Waals surface area contributed by atoms with Crippen molar-refractivity contribution in [2.75, 3.05) is 33.0 Å². The molecular weight excluding hydrogens is 246 g/mol. The Morgan fingerprint density at radius 3 is 2.84 bits per heavy atom. The molecule has 3 rings (SSSR count). The lowest BCUT2D eigenvalue weighted by atomic mass is 9.88. The van der Waals surface area contributed by atoms with Crippen LogP contribution in [0.2, 0.25) is 0 Å². The largest absolute Gasteiger partial charge is 0.386 e. The van der Waals surface area contributed by atoms with Gasteiger partial charge in [-0.1, -0.05) is 0 Å². The number of nitrogens with one attached hydrogen (secondary N) is 1. The Morgan fingerprint density at radius 2 is 2.16 bits per heavy atom. The van der Waals surface area contributed by atoms with Crippen molar-refractivity contribution in [1.82, 2.24) is 5.32 Å². The van der Waals surface area contributed by atoms with Gasteiger partial charge in [-0.25, -0.2) is 0 Å². The zero-order chi connectivity index (χ0) is 13.3. The zero-order valence-electron chi connectivity index (χ0n) is 11.7. The predicted octanol–water partition coefficient (Wildman–Crippen LogP) is 0.454. The summed E-state index contributed by atoms with van der Waals surface area (Å²) in [5, 5.41) is 14.0. The van der Waals surface area contributed by atoms with E-state index >= 15 is 0 Å². The standard InChI is InChI=1S/C14H25NO4/c1-11-14(16,4-7-18-11)9-15-12-2-5-19-13(8-12)3-6-17-10-13/h11-12,15-16H,2-10H2,1H3. The molecule has 0 aromatic rings. The molecule has 0 aromatic carbocycles. The van der Waals surface area contributed by atoms with Gasteiger partial charge in [-0.2, -0.15) is 0 Å². The molecule has 1 spiro atoms. The van der Waals surface area contributed by atoms with Crippen LogP contribution in [-0.4, -0.2) is 61.4 Å². The second-order valence-electron chi connectivity index (χ2n) is 6.27. The first-order valence-electron chi connectivity index (χ1n) is 7.41. The van der Waals surface area contributed by atoms with Crippen LogP contribution in [0.1, 0.15) is 32.6 Å². The molecule has 19 heavy (non-hydrogen) atoms. The van der Waals surface area contributed by atoms with E-state index in [2.05, 4.69) is 5.32 Å². The lowest BCUT2D eigenvalue weighted by Crippen LogP contribution is -2.53. The van der Waals surface area contributed by atoms with Gasteiger partial charge in [0.05, 0.1) is 18.3 Å². The van der Waals surface area contributed by atoms with Gasteiger partial charge in [0, 0.05) is 45.2 Å². The summed E-state index contributed by atoms with van der Waals surface area (Å²) in [6.45, 7) is 5.52. The molecule has 4 unspecified atom stereocenters. The molecular formula is C14H25NO4. The lowest BCUT2D eigenvalue weighted by Gasteiger charge is -2.39. The second-order valence-corrected chi connectivity index (χ2v) is 6.27. The minimum absolute atomic E-state index is 0.0731. The SMILES string of the molecule is CC1OCCC1(O)CNC1CCOC2(CCOC2)C1. The quantitative estimate of drug-likeness (QED) is 0.780. The fraction of sp³-hybridized carbons (Fsp3) is 1.00. The highest BCUT2D eigenvalue weighted by molar-refractivity contribution is 4.96.